The molecule has 0 radical (unpaired) electrons. The molecule has 1 aromatic rings. The molecule has 0 aliphatic heterocycles. The smallest absolute Gasteiger partial charge is 0.221 e. The van der Waals surface area contributed by atoms with Crippen molar-refractivity contribution in [2.24, 2.45) is 0 Å². The van der Waals surface area contributed by atoms with Crippen molar-refractivity contribution in [3.05, 3.63) is 28.2 Å². The highest BCUT2D eigenvalue weighted by Gasteiger charge is 2.22. The first-order valence-corrected chi connectivity index (χ1v) is 6.73. The summed E-state index contributed by atoms with van der Waals surface area (Å²) in [7, 11) is 0. The predicted molar refractivity (Wildman–Crippen MR) is 73.2 cm³/mol. The monoisotopic (exact) mass is 296 g/mol. The summed E-state index contributed by atoms with van der Waals surface area (Å²) in [4.78, 5) is 11.5. The molecule has 17 heavy (non-hydrogen) atoms. The van der Waals surface area contributed by atoms with Gasteiger partial charge in [0, 0.05) is 29.2 Å². The molecule has 1 saturated carbocycles. The van der Waals surface area contributed by atoms with Crippen LogP contribution in [0.15, 0.2) is 22.7 Å². The first-order chi connectivity index (χ1) is 8.13. The van der Waals surface area contributed by atoms with Crippen molar-refractivity contribution in [1.82, 2.24) is 5.32 Å². The number of nitrogens with one attached hydrogen (secondary N) is 2. The summed E-state index contributed by atoms with van der Waals surface area (Å²) < 4.78 is 1.06. The van der Waals surface area contributed by atoms with Crippen LogP contribution in [0.1, 0.15) is 24.8 Å². The number of rotatable bonds is 5. The highest BCUT2D eigenvalue weighted by atomic mass is 79.9. The molecular weight excluding hydrogens is 280 g/mol. The summed E-state index contributed by atoms with van der Waals surface area (Å²) in [6.45, 7) is 2.73. The van der Waals surface area contributed by atoms with Gasteiger partial charge in [0.15, 0.2) is 0 Å². The summed E-state index contributed by atoms with van der Waals surface area (Å²) in [6.07, 6.45) is 2.82. The molecule has 0 atom stereocenters. The Morgan fingerprint density at radius 3 is 2.82 bits per heavy atom. The molecule has 1 aromatic carbocycles. The zero-order chi connectivity index (χ0) is 12.3. The summed E-state index contributed by atoms with van der Waals surface area (Å²) in [5.41, 5.74) is 2.25. The number of hydrogen-bond donors (Lipinski definition) is 2. The first kappa shape index (κ1) is 12.4. The quantitative estimate of drug-likeness (QED) is 0.877. The van der Waals surface area contributed by atoms with E-state index in [2.05, 4.69) is 45.6 Å². The van der Waals surface area contributed by atoms with Crippen LogP contribution in [-0.2, 0) is 4.79 Å². The molecule has 2 N–H and O–H groups in total. The van der Waals surface area contributed by atoms with Crippen molar-refractivity contribution in [3.63, 3.8) is 0 Å². The molecule has 2 rings (SSSR count). The zero-order valence-corrected chi connectivity index (χ0v) is 11.5. The van der Waals surface area contributed by atoms with Crippen LogP contribution in [0.5, 0.6) is 0 Å². The minimum Gasteiger partial charge on any atom is -0.384 e. The van der Waals surface area contributed by atoms with E-state index >= 15 is 0 Å². The van der Waals surface area contributed by atoms with E-state index in [1.807, 2.05) is 6.07 Å². The Bertz CT molecular complexity index is 396. The van der Waals surface area contributed by atoms with E-state index in [0.717, 1.165) is 23.0 Å². The molecular formula is C13H17BrN2O. The Balaban J connectivity index is 1.74. The van der Waals surface area contributed by atoms with Crippen molar-refractivity contribution in [1.29, 1.82) is 0 Å². The van der Waals surface area contributed by atoms with Gasteiger partial charge in [-0.2, -0.15) is 0 Å². The van der Waals surface area contributed by atoms with Crippen molar-refractivity contribution >= 4 is 27.5 Å². The van der Waals surface area contributed by atoms with Crippen LogP contribution >= 0.6 is 15.9 Å². The Morgan fingerprint density at radius 2 is 2.18 bits per heavy atom. The van der Waals surface area contributed by atoms with Crippen LogP contribution < -0.4 is 10.6 Å². The van der Waals surface area contributed by atoms with Crippen molar-refractivity contribution < 1.29 is 4.79 Å². The maximum absolute atomic E-state index is 11.5. The fourth-order valence-electron chi connectivity index (χ4n) is 1.69. The van der Waals surface area contributed by atoms with Gasteiger partial charge in [-0.05, 0) is 43.5 Å². The third kappa shape index (κ3) is 4.38. The topological polar surface area (TPSA) is 41.1 Å². The van der Waals surface area contributed by atoms with Crippen LogP contribution in [0, 0.1) is 6.92 Å². The van der Waals surface area contributed by atoms with Gasteiger partial charge in [0.05, 0.1) is 0 Å². The number of anilines is 1. The van der Waals surface area contributed by atoms with Gasteiger partial charge < -0.3 is 10.6 Å². The average Bonchev–Trinajstić information content (AvgIpc) is 3.00. The van der Waals surface area contributed by atoms with E-state index in [1.165, 1.54) is 5.56 Å². The number of carbonyl (C=O) groups excluding carboxylic acids is 1. The van der Waals surface area contributed by atoms with E-state index in [4.69, 9.17) is 0 Å². The minimum atomic E-state index is 0.145. The van der Waals surface area contributed by atoms with Crippen molar-refractivity contribution in [3.8, 4) is 0 Å². The molecule has 0 aromatic heterocycles. The van der Waals surface area contributed by atoms with Gasteiger partial charge in [0.1, 0.15) is 0 Å². The second kappa shape index (κ2) is 5.54. The molecule has 1 amide bonds. The van der Waals surface area contributed by atoms with Crippen molar-refractivity contribution in [2.45, 2.75) is 32.2 Å². The Labute approximate surface area is 110 Å². The number of carbonyl (C=O) groups is 1. The summed E-state index contributed by atoms with van der Waals surface area (Å²) in [6, 6.07) is 6.61. The Hall–Kier alpha value is -1.03. The Morgan fingerprint density at radius 1 is 1.41 bits per heavy atom. The van der Waals surface area contributed by atoms with Gasteiger partial charge in [-0.3, -0.25) is 4.79 Å². The lowest BCUT2D eigenvalue weighted by Crippen LogP contribution is -2.27. The van der Waals surface area contributed by atoms with Crippen LogP contribution in [0.4, 0.5) is 5.69 Å². The highest BCUT2D eigenvalue weighted by Crippen LogP contribution is 2.20. The van der Waals surface area contributed by atoms with E-state index in [0.29, 0.717) is 19.0 Å². The van der Waals surface area contributed by atoms with Crippen LogP contribution in [0.25, 0.3) is 0 Å². The van der Waals surface area contributed by atoms with E-state index in [9.17, 15) is 4.79 Å². The Kier molecular flexibility index (Phi) is 4.05. The second-order valence-electron chi connectivity index (χ2n) is 4.54. The maximum Gasteiger partial charge on any atom is 0.221 e. The van der Waals surface area contributed by atoms with Gasteiger partial charge in [-0.25, -0.2) is 0 Å². The van der Waals surface area contributed by atoms with Gasteiger partial charge in [0.25, 0.3) is 0 Å². The predicted octanol–water partition coefficient (Wildman–Crippen LogP) is 2.84. The summed E-state index contributed by atoms with van der Waals surface area (Å²) in [5.74, 6) is 0.145. The van der Waals surface area contributed by atoms with Crippen LogP contribution in [0.3, 0.4) is 0 Å². The van der Waals surface area contributed by atoms with E-state index in [-0.39, 0.29) is 5.91 Å². The molecule has 0 saturated heterocycles. The zero-order valence-electron chi connectivity index (χ0n) is 9.92. The molecule has 92 valence electrons. The second-order valence-corrected chi connectivity index (χ2v) is 5.45. The summed E-state index contributed by atoms with van der Waals surface area (Å²) >= 11 is 3.46. The molecule has 1 aliphatic carbocycles. The molecule has 4 heteroatoms. The first-order valence-electron chi connectivity index (χ1n) is 5.94. The van der Waals surface area contributed by atoms with Gasteiger partial charge >= 0.3 is 0 Å². The molecule has 1 fully saturated rings. The van der Waals surface area contributed by atoms with E-state index < -0.39 is 0 Å². The normalized spacial score (nSPS) is 14.5. The number of halogens is 1. The van der Waals surface area contributed by atoms with Gasteiger partial charge in [-0.1, -0.05) is 15.9 Å². The number of aryl methyl sites for hydroxylation is 1. The fourth-order valence-corrected chi connectivity index (χ4v) is 2.29. The SMILES string of the molecule is Cc1cc(Br)cc(NCCC(=O)NC2CC2)c1. The highest BCUT2D eigenvalue weighted by molar-refractivity contribution is 9.10. The molecule has 0 bridgehead atoms. The molecule has 3 nitrogen and oxygen atoms in total. The van der Waals surface area contributed by atoms with Crippen molar-refractivity contribution in [2.75, 3.05) is 11.9 Å². The molecule has 0 unspecified atom stereocenters. The maximum atomic E-state index is 11.5. The molecule has 1 aliphatic rings. The lowest BCUT2D eigenvalue weighted by Gasteiger charge is -2.08. The lowest BCUT2D eigenvalue weighted by atomic mass is 10.2. The largest absolute Gasteiger partial charge is 0.384 e. The number of hydrogen-bond acceptors (Lipinski definition) is 2. The number of amides is 1. The van der Waals surface area contributed by atoms with Gasteiger partial charge in [-0.15, -0.1) is 0 Å². The fraction of sp³-hybridized carbons (Fsp3) is 0.462. The van der Waals surface area contributed by atoms with E-state index in [1.54, 1.807) is 0 Å². The third-order valence-corrected chi connectivity index (χ3v) is 3.12. The average molecular weight is 297 g/mol. The standard InChI is InChI=1S/C13H17BrN2O/c1-9-6-10(14)8-12(7-9)15-5-4-13(17)16-11-2-3-11/h6-8,11,15H,2-5H2,1H3,(H,16,17). The van der Waals surface area contributed by atoms with Gasteiger partial charge in [0.2, 0.25) is 5.91 Å². The van der Waals surface area contributed by atoms with Crippen LogP contribution in [0.2, 0.25) is 0 Å². The number of benzene rings is 1. The molecule has 0 spiro atoms. The minimum absolute atomic E-state index is 0.145. The summed E-state index contributed by atoms with van der Waals surface area (Å²) in [5, 5.41) is 6.23. The molecule has 0 heterocycles. The lowest BCUT2D eigenvalue weighted by molar-refractivity contribution is -0.120. The third-order valence-electron chi connectivity index (χ3n) is 2.67. The van der Waals surface area contributed by atoms with Crippen LogP contribution in [-0.4, -0.2) is 18.5 Å².